The maximum absolute atomic E-state index is 6.11. The zero-order chi connectivity index (χ0) is 12.7. The van der Waals surface area contributed by atoms with E-state index >= 15 is 0 Å². The molecule has 2 heteroatoms. The van der Waals surface area contributed by atoms with Crippen molar-refractivity contribution in [2.75, 3.05) is 11.9 Å². The van der Waals surface area contributed by atoms with Crippen LogP contribution in [0.25, 0.3) is 0 Å². The summed E-state index contributed by atoms with van der Waals surface area (Å²) in [6.07, 6.45) is 5.17. The van der Waals surface area contributed by atoms with E-state index < -0.39 is 0 Å². The molecule has 0 bridgehead atoms. The van der Waals surface area contributed by atoms with Crippen molar-refractivity contribution in [3.05, 3.63) is 28.8 Å². The largest absolute Gasteiger partial charge is 0.385 e. The SMILES string of the molecule is CCCCC(CC)CNc1ccc(C)c(Cl)c1. The Morgan fingerprint density at radius 1 is 1.29 bits per heavy atom. The van der Waals surface area contributed by atoms with Crippen molar-refractivity contribution < 1.29 is 0 Å². The van der Waals surface area contributed by atoms with Crippen LogP contribution in [-0.2, 0) is 0 Å². The van der Waals surface area contributed by atoms with E-state index in [9.17, 15) is 0 Å². The minimum absolute atomic E-state index is 0.773. The Labute approximate surface area is 111 Å². The summed E-state index contributed by atoms with van der Waals surface area (Å²) in [6, 6.07) is 6.19. The molecule has 0 amide bonds. The van der Waals surface area contributed by atoms with Gasteiger partial charge in [0, 0.05) is 17.3 Å². The number of benzene rings is 1. The van der Waals surface area contributed by atoms with Crippen LogP contribution in [0.3, 0.4) is 0 Å². The smallest absolute Gasteiger partial charge is 0.0455 e. The summed E-state index contributed by atoms with van der Waals surface area (Å²) < 4.78 is 0. The van der Waals surface area contributed by atoms with Crippen LogP contribution in [0.1, 0.15) is 45.1 Å². The highest BCUT2D eigenvalue weighted by Gasteiger charge is 2.05. The summed E-state index contributed by atoms with van der Waals surface area (Å²) >= 11 is 6.11. The molecule has 0 heterocycles. The second-order valence-corrected chi connectivity index (χ2v) is 5.17. The minimum atomic E-state index is 0.773. The number of anilines is 1. The lowest BCUT2D eigenvalue weighted by atomic mass is 9.99. The van der Waals surface area contributed by atoms with E-state index in [4.69, 9.17) is 11.6 Å². The van der Waals surface area contributed by atoms with Gasteiger partial charge < -0.3 is 5.32 Å². The van der Waals surface area contributed by atoms with Gasteiger partial charge >= 0.3 is 0 Å². The topological polar surface area (TPSA) is 12.0 Å². The number of hydrogen-bond acceptors (Lipinski definition) is 1. The molecule has 0 saturated heterocycles. The van der Waals surface area contributed by atoms with E-state index in [-0.39, 0.29) is 0 Å². The molecule has 0 aliphatic heterocycles. The summed E-state index contributed by atoms with van der Waals surface area (Å²) in [5.41, 5.74) is 2.27. The Bertz CT molecular complexity index is 336. The molecule has 1 rings (SSSR count). The Balaban J connectivity index is 2.45. The summed E-state index contributed by atoms with van der Waals surface area (Å²) in [4.78, 5) is 0. The molecule has 0 radical (unpaired) electrons. The average Bonchev–Trinajstić information content (AvgIpc) is 2.34. The van der Waals surface area contributed by atoms with E-state index in [0.717, 1.165) is 28.7 Å². The third-order valence-electron chi connectivity index (χ3n) is 3.31. The molecule has 1 aromatic rings. The molecule has 1 nitrogen and oxygen atoms in total. The molecule has 0 saturated carbocycles. The van der Waals surface area contributed by atoms with Gasteiger partial charge in [-0.25, -0.2) is 0 Å². The first-order valence-electron chi connectivity index (χ1n) is 6.67. The molecule has 0 aromatic heterocycles. The third kappa shape index (κ3) is 4.99. The van der Waals surface area contributed by atoms with Crippen LogP contribution in [-0.4, -0.2) is 6.54 Å². The van der Waals surface area contributed by atoms with Gasteiger partial charge in [0.2, 0.25) is 0 Å². The number of nitrogens with one attached hydrogen (secondary N) is 1. The Morgan fingerprint density at radius 3 is 2.65 bits per heavy atom. The summed E-state index contributed by atoms with van der Waals surface area (Å²) in [6.45, 7) is 7.60. The Kier molecular flexibility index (Phi) is 6.43. The normalized spacial score (nSPS) is 12.5. The lowest BCUT2D eigenvalue weighted by Crippen LogP contribution is -2.13. The van der Waals surface area contributed by atoms with Gasteiger partial charge in [0.05, 0.1) is 0 Å². The van der Waals surface area contributed by atoms with Gasteiger partial charge in [0.15, 0.2) is 0 Å². The van der Waals surface area contributed by atoms with E-state index in [1.165, 1.54) is 25.7 Å². The van der Waals surface area contributed by atoms with Crippen LogP contribution in [0.4, 0.5) is 5.69 Å². The molecule has 0 spiro atoms. The van der Waals surface area contributed by atoms with Crippen LogP contribution in [0.15, 0.2) is 18.2 Å². The van der Waals surface area contributed by atoms with Crippen molar-refractivity contribution in [1.29, 1.82) is 0 Å². The zero-order valence-electron chi connectivity index (χ0n) is 11.2. The van der Waals surface area contributed by atoms with Gasteiger partial charge in [-0.3, -0.25) is 0 Å². The second-order valence-electron chi connectivity index (χ2n) is 4.76. The quantitative estimate of drug-likeness (QED) is 0.697. The summed E-state index contributed by atoms with van der Waals surface area (Å²) in [5, 5.41) is 4.33. The van der Waals surface area contributed by atoms with Gasteiger partial charge in [-0.15, -0.1) is 0 Å². The predicted molar refractivity (Wildman–Crippen MR) is 78.0 cm³/mol. The van der Waals surface area contributed by atoms with Crippen LogP contribution in [0, 0.1) is 12.8 Å². The van der Waals surface area contributed by atoms with Crippen molar-refractivity contribution in [1.82, 2.24) is 0 Å². The maximum Gasteiger partial charge on any atom is 0.0455 e. The predicted octanol–water partition coefficient (Wildman–Crippen LogP) is 5.28. The van der Waals surface area contributed by atoms with Crippen molar-refractivity contribution in [2.45, 2.75) is 46.5 Å². The molecule has 17 heavy (non-hydrogen) atoms. The highest BCUT2D eigenvalue weighted by atomic mass is 35.5. The van der Waals surface area contributed by atoms with E-state index in [1.807, 2.05) is 13.0 Å². The molecular weight excluding hydrogens is 230 g/mol. The third-order valence-corrected chi connectivity index (χ3v) is 3.72. The number of unbranched alkanes of at least 4 members (excludes halogenated alkanes) is 1. The second kappa shape index (κ2) is 7.60. The van der Waals surface area contributed by atoms with E-state index in [1.54, 1.807) is 0 Å². The molecule has 1 unspecified atom stereocenters. The highest BCUT2D eigenvalue weighted by Crippen LogP contribution is 2.21. The Morgan fingerprint density at radius 2 is 2.06 bits per heavy atom. The molecule has 1 atom stereocenters. The van der Waals surface area contributed by atoms with Gasteiger partial charge in [-0.05, 0) is 37.0 Å². The first-order valence-corrected chi connectivity index (χ1v) is 7.05. The first-order chi connectivity index (χ1) is 8.17. The van der Waals surface area contributed by atoms with Crippen molar-refractivity contribution >= 4 is 17.3 Å². The highest BCUT2D eigenvalue weighted by molar-refractivity contribution is 6.31. The summed E-state index contributed by atoms with van der Waals surface area (Å²) in [7, 11) is 0. The van der Waals surface area contributed by atoms with Gasteiger partial charge in [0.1, 0.15) is 0 Å². The summed E-state index contributed by atoms with van der Waals surface area (Å²) in [5.74, 6) is 0.773. The van der Waals surface area contributed by atoms with E-state index in [2.05, 4.69) is 31.3 Å². The van der Waals surface area contributed by atoms with E-state index in [0.29, 0.717) is 0 Å². The molecular formula is C15H24ClN. The zero-order valence-corrected chi connectivity index (χ0v) is 12.0. The van der Waals surface area contributed by atoms with Crippen LogP contribution in [0.2, 0.25) is 5.02 Å². The minimum Gasteiger partial charge on any atom is -0.385 e. The fourth-order valence-electron chi connectivity index (χ4n) is 1.91. The van der Waals surface area contributed by atoms with Gasteiger partial charge in [-0.1, -0.05) is 50.8 Å². The van der Waals surface area contributed by atoms with Gasteiger partial charge in [-0.2, -0.15) is 0 Å². The first kappa shape index (κ1) is 14.4. The van der Waals surface area contributed by atoms with Crippen LogP contribution >= 0.6 is 11.6 Å². The van der Waals surface area contributed by atoms with Crippen molar-refractivity contribution in [3.63, 3.8) is 0 Å². The number of hydrogen-bond donors (Lipinski definition) is 1. The molecule has 96 valence electrons. The van der Waals surface area contributed by atoms with Crippen LogP contribution in [0.5, 0.6) is 0 Å². The molecule has 1 N–H and O–H groups in total. The number of halogens is 1. The molecule has 0 fully saturated rings. The number of aryl methyl sites for hydroxylation is 1. The standard InChI is InChI=1S/C15H24ClN/c1-4-6-7-13(5-2)11-17-14-9-8-12(3)15(16)10-14/h8-10,13,17H,4-7,11H2,1-3H3. The van der Waals surface area contributed by atoms with Crippen LogP contribution < -0.4 is 5.32 Å². The number of rotatable bonds is 7. The monoisotopic (exact) mass is 253 g/mol. The fraction of sp³-hybridized carbons (Fsp3) is 0.600. The van der Waals surface area contributed by atoms with Crippen molar-refractivity contribution in [3.8, 4) is 0 Å². The molecule has 0 aliphatic carbocycles. The van der Waals surface area contributed by atoms with Crippen molar-refractivity contribution in [2.24, 2.45) is 5.92 Å². The Hall–Kier alpha value is -0.690. The maximum atomic E-state index is 6.11. The molecule has 0 aliphatic rings. The lowest BCUT2D eigenvalue weighted by Gasteiger charge is -2.16. The average molecular weight is 254 g/mol. The van der Waals surface area contributed by atoms with Gasteiger partial charge in [0.25, 0.3) is 0 Å². The fourth-order valence-corrected chi connectivity index (χ4v) is 2.09. The molecule has 1 aromatic carbocycles. The lowest BCUT2D eigenvalue weighted by molar-refractivity contribution is 0.473.